The van der Waals surface area contributed by atoms with Crippen molar-refractivity contribution in [1.82, 2.24) is 10.6 Å². The Morgan fingerprint density at radius 1 is 1.38 bits per heavy atom. The highest BCUT2D eigenvalue weighted by Gasteiger charge is 2.50. The van der Waals surface area contributed by atoms with Crippen molar-refractivity contribution in [3.05, 3.63) is 24.3 Å². The Bertz CT molecular complexity index is 630. The van der Waals surface area contributed by atoms with E-state index in [4.69, 9.17) is 0 Å². The van der Waals surface area contributed by atoms with Gasteiger partial charge in [0.25, 0.3) is 5.91 Å². The average Bonchev–Trinajstić information content (AvgIpc) is 2.94. The number of rotatable bonds is 2. The molecule has 0 bridgehead atoms. The third-order valence-corrected chi connectivity index (χ3v) is 3.82. The van der Waals surface area contributed by atoms with E-state index >= 15 is 0 Å². The van der Waals surface area contributed by atoms with E-state index in [-0.39, 0.29) is 11.8 Å². The minimum absolute atomic E-state index is 0.132. The first kappa shape index (κ1) is 13.4. The maximum absolute atomic E-state index is 11.9. The fourth-order valence-corrected chi connectivity index (χ4v) is 2.83. The van der Waals surface area contributed by atoms with Crippen molar-refractivity contribution in [3.63, 3.8) is 0 Å². The van der Waals surface area contributed by atoms with Crippen molar-refractivity contribution >= 4 is 29.2 Å². The van der Waals surface area contributed by atoms with Gasteiger partial charge in [-0.1, -0.05) is 6.07 Å². The molecule has 2 saturated heterocycles. The van der Waals surface area contributed by atoms with Crippen LogP contribution in [-0.4, -0.2) is 36.5 Å². The summed E-state index contributed by atoms with van der Waals surface area (Å²) in [7, 11) is 0. The molecule has 3 N–H and O–H groups in total. The van der Waals surface area contributed by atoms with Crippen LogP contribution in [0.25, 0.3) is 0 Å². The third kappa shape index (κ3) is 2.42. The number of hydrogen-bond acceptors (Lipinski definition) is 4. The van der Waals surface area contributed by atoms with E-state index in [0.29, 0.717) is 25.2 Å². The number of amides is 4. The van der Waals surface area contributed by atoms with Gasteiger partial charge < -0.3 is 15.5 Å². The molecule has 1 spiro atoms. The molecule has 2 aliphatic heterocycles. The molecule has 1 atom stereocenters. The van der Waals surface area contributed by atoms with E-state index in [1.807, 2.05) is 23.1 Å². The van der Waals surface area contributed by atoms with Crippen molar-refractivity contribution in [2.45, 2.75) is 18.9 Å². The van der Waals surface area contributed by atoms with Gasteiger partial charge in [0.1, 0.15) is 5.54 Å². The first-order valence-electron chi connectivity index (χ1n) is 6.75. The van der Waals surface area contributed by atoms with Gasteiger partial charge in [-0.25, -0.2) is 4.79 Å². The molecule has 0 aliphatic carbocycles. The number of anilines is 2. The molecule has 1 aromatic carbocycles. The number of carbonyl (C=O) groups excluding carboxylic acids is 3. The number of urea groups is 1. The normalized spacial score (nSPS) is 24.1. The highest BCUT2D eigenvalue weighted by atomic mass is 16.2. The van der Waals surface area contributed by atoms with Crippen molar-refractivity contribution in [2.24, 2.45) is 0 Å². The zero-order chi connectivity index (χ0) is 15.0. The van der Waals surface area contributed by atoms with Crippen LogP contribution in [0.1, 0.15) is 13.3 Å². The standard InChI is InChI=1S/C14H16N4O3/c1-9(19)15-10-3-2-4-11(7-10)18-6-5-14(8-18)12(20)16-13(21)17-14/h2-4,7H,5-6,8H2,1H3,(H,15,19)(H2,16,17,20,21). The molecule has 2 fully saturated rings. The summed E-state index contributed by atoms with van der Waals surface area (Å²) in [6, 6.07) is 6.99. The molecule has 0 aromatic heterocycles. The summed E-state index contributed by atoms with van der Waals surface area (Å²) in [4.78, 5) is 36.4. The number of hydrogen-bond donors (Lipinski definition) is 3. The van der Waals surface area contributed by atoms with Crippen LogP contribution in [0.3, 0.4) is 0 Å². The predicted octanol–water partition coefficient (Wildman–Crippen LogP) is 0.433. The summed E-state index contributed by atoms with van der Waals surface area (Å²) in [6.45, 7) is 2.54. The molecule has 2 aliphatic rings. The summed E-state index contributed by atoms with van der Waals surface area (Å²) < 4.78 is 0. The Morgan fingerprint density at radius 3 is 2.86 bits per heavy atom. The molecular weight excluding hydrogens is 272 g/mol. The van der Waals surface area contributed by atoms with E-state index in [0.717, 1.165) is 5.69 Å². The van der Waals surface area contributed by atoms with Gasteiger partial charge in [0.2, 0.25) is 5.91 Å². The minimum Gasteiger partial charge on any atom is -0.368 e. The number of imide groups is 1. The van der Waals surface area contributed by atoms with Crippen molar-refractivity contribution in [2.75, 3.05) is 23.3 Å². The molecule has 2 heterocycles. The largest absolute Gasteiger partial charge is 0.368 e. The molecule has 7 nitrogen and oxygen atoms in total. The summed E-state index contributed by atoms with van der Waals surface area (Å²) in [6.07, 6.45) is 0.564. The van der Waals surface area contributed by atoms with E-state index in [2.05, 4.69) is 16.0 Å². The zero-order valence-corrected chi connectivity index (χ0v) is 11.6. The Balaban J connectivity index is 1.79. The Morgan fingerprint density at radius 2 is 2.19 bits per heavy atom. The fraction of sp³-hybridized carbons (Fsp3) is 0.357. The number of benzene rings is 1. The molecule has 1 aromatic rings. The molecule has 110 valence electrons. The predicted molar refractivity (Wildman–Crippen MR) is 77.0 cm³/mol. The summed E-state index contributed by atoms with van der Waals surface area (Å²) in [5.41, 5.74) is 0.786. The van der Waals surface area contributed by atoms with Crippen LogP contribution >= 0.6 is 0 Å². The van der Waals surface area contributed by atoms with E-state index < -0.39 is 11.6 Å². The molecule has 7 heteroatoms. The molecule has 0 radical (unpaired) electrons. The number of carbonyl (C=O) groups is 3. The van der Waals surface area contributed by atoms with Crippen LogP contribution < -0.4 is 20.9 Å². The average molecular weight is 288 g/mol. The van der Waals surface area contributed by atoms with Crippen LogP contribution in [0.2, 0.25) is 0 Å². The van der Waals surface area contributed by atoms with Gasteiger partial charge in [-0.2, -0.15) is 0 Å². The van der Waals surface area contributed by atoms with Crippen molar-refractivity contribution in [3.8, 4) is 0 Å². The SMILES string of the molecule is CC(=O)Nc1cccc(N2CCC3(C2)NC(=O)NC3=O)c1. The molecule has 3 rings (SSSR count). The van der Waals surface area contributed by atoms with Crippen LogP contribution in [0, 0.1) is 0 Å². The first-order chi connectivity index (χ1) is 9.98. The summed E-state index contributed by atoms with van der Waals surface area (Å²) in [5, 5.41) is 7.73. The second-order valence-corrected chi connectivity index (χ2v) is 5.39. The van der Waals surface area contributed by atoms with E-state index in [1.54, 1.807) is 6.07 Å². The fourth-order valence-electron chi connectivity index (χ4n) is 2.83. The highest BCUT2D eigenvalue weighted by molar-refractivity contribution is 6.07. The highest BCUT2D eigenvalue weighted by Crippen LogP contribution is 2.30. The second-order valence-electron chi connectivity index (χ2n) is 5.39. The molecule has 0 saturated carbocycles. The lowest BCUT2D eigenvalue weighted by Crippen LogP contribution is -2.49. The number of nitrogens with zero attached hydrogens (tertiary/aromatic N) is 1. The van der Waals surface area contributed by atoms with Crippen molar-refractivity contribution < 1.29 is 14.4 Å². The van der Waals surface area contributed by atoms with Gasteiger partial charge in [0, 0.05) is 24.8 Å². The van der Waals surface area contributed by atoms with Crippen LogP contribution in [0.15, 0.2) is 24.3 Å². The van der Waals surface area contributed by atoms with Gasteiger partial charge in [0.15, 0.2) is 0 Å². The van der Waals surface area contributed by atoms with Crippen LogP contribution in [-0.2, 0) is 9.59 Å². The summed E-state index contributed by atoms with van der Waals surface area (Å²) in [5.74, 6) is -0.402. The lowest BCUT2D eigenvalue weighted by atomic mass is 9.99. The quantitative estimate of drug-likeness (QED) is 0.688. The lowest BCUT2D eigenvalue weighted by Gasteiger charge is -2.22. The maximum Gasteiger partial charge on any atom is 0.322 e. The Kier molecular flexibility index (Phi) is 3.04. The van der Waals surface area contributed by atoms with Gasteiger partial charge in [-0.15, -0.1) is 0 Å². The topological polar surface area (TPSA) is 90.5 Å². The van der Waals surface area contributed by atoms with E-state index in [9.17, 15) is 14.4 Å². The number of nitrogens with one attached hydrogen (secondary N) is 3. The van der Waals surface area contributed by atoms with Crippen molar-refractivity contribution in [1.29, 1.82) is 0 Å². The maximum atomic E-state index is 11.9. The third-order valence-electron chi connectivity index (χ3n) is 3.82. The molecule has 4 amide bonds. The second kappa shape index (κ2) is 4.76. The lowest BCUT2D eigenvalue weighted by molar-refractivity contribution is -0.123. The van der Waals surface area contributed by atoms with Gasteiger partial charge >= 0.3 is 6.03 Å². The monoisotopic (exact) mass is 288 g/mol. The van der Waals surface area contributed by atoms with E-state index in [1.165, 1.54) is 6.92 Å². The Hall–Kier alpha value is -2.57. The molecule has 1 unspecified atom stereocenters. The zero-order valence-electron chi connectivity index (χ0n) is 11.6. The molecule has 21 heavy (non-hydrogen) atoms. The molecular formula is C14H16N4O3. The summed E-state index contributed by atoms with van der Waals surface area (Å²) >= 11 is 0. The smallest absolute Gasteiger partial charge is 0.322 e. The van der Waals surface area contributed by atoms with Crippen LogP contribution in [0.4, 0.5) is 16.2 Å². The minimum atomic E-state index is -0.832. The van der Waals surface area contributed by atoms with Gasteiger partial charge in [-0.05, 0) is 24.6 Å². The van der Waals surface area contributed by atoms with Gasteiger partial charge in [0.05, 0.1) is 6.54 Å². The van der Waals surface area contributed by atoms with Gasteiger partial charge in [-0.3, -0.25) is 14.9 Å². The van der Waals surface area contributed by atoms with Crippen LogP contribution in [0.5, 0.6) is 0 Å². The Labute approximate surface area is 121 Å². The first-order valence-corrected chi connectivity index (χ1v) is 6.75.